The number of rotatable bonds is 3. The van der Waals surface area contributed by atoms with Gasteiger partial charge in [0.1, 0.15) is 11.5 Å². The van der Waals surface area contributed by atoms with Crippen LogP contribution >= 0.6 is 0 Å². The summed E-state index contributed by atoms with van der Waals surface area (Å²) in [4.78, 5) is 16.9. The Kier molecular flexibility index (Phi) is 4.43. The quantitative estimate of drug-likeness (QED) is 0.360. The molecule has 1 unspecified atom stereocenters. The van der Waals surface area contributed by atoms with Crippen LogP contribution in [0.25, 0.3) is 50.0 Å². The van der Waals surface area contributed by atoms with Crippen LogP contribution in [0, 0.1) is 18.7 Å². The fraction of sp³-hybridized carbons (Fsp3) is 0.154. The number of hydrogen-bond donors (Lipinski definition) is 2. The molecule has 0 fully saturated rings. The molecule has 0 amide bonds. The van der Waals surface area contributed by atoms with Gasteiger partial charge in [-0.1, -0.05) is 19.1 Å². The van der Waals surface area contributed by atoms with E-state index in [-0.39, 0.29) is 5.82 Å². The van der Waals surface area contributed by atoms with Crippen molar-refractivity contribution >= 4 is 33.7 Å². The number of aromatic amines is 2. The molecule has 7 heteroatoms. The van der Waals surface area contributed by atoms with Crippen molar-refractivity contribution in [3.8, 4) is 22.5 Å². The number of benzene rings is 1. The number of nitrogens with zero attached hydrogens (tertiary/aromatic N) is 4. The number of aromatic nitrogens is 5. The van der Waals surface area contributed by atoms with Crippen molar-refractivity contribution in [2.45, 2.75) is 20.3 Å². The lowest BCUT2D eigenvalue weighted by Gasteiger charge is -2.10. The van der Waals surface area contributed by atoms with Crippen molar-refractivity contribution in [1.29, 1.82) is 0 Å². The molecule has 0 spiro atoms. The molecule has 0 saturated heterocycles. The normalized spacial score (nSPS) is 16.0. The van der Waals surface area contributed by atoms with Crippen molar-refractivity contribution in [2.75, 3.05) is 0 Å². The van der Waals surface area contributed by atoms with Gasteiger partial charge in [0.2, 0.25) is 0 Å². The Labute approximate surface area is 189 Å². The smallest absolute Gasteiger partial charge is 0.124 e. The SMILES string of the molecule is Cc1cc(F)cc(-c2cncc3[nH]c(-c4n[nH]c5cnc(C6=CCC(C)C=N6)cc45)cc23)c1. The molecular weight excluding hydrogens is 415 g/mol. The topological polar surface area (TPSA) is 82.6 Å². The van der Waals surface area contributed by atoms with Crippen LogP contribution in [0.1, 0.15) is 24.6 Å². The van der Waals surface area contributed by atoms with E-state index in [4.69, 9.17) is 0 Å². The molecule has 5 aromatic rings. The van der Waals surface area contributed by atoms with Crippen LogP contribution in [-0.4, -0.2) is 31.4 Å². The van der Waals surface area contributed by atoms with E-state index in [1.807, 2.05) is 31.3 Å². The summed E-state index contributed by atoms with van der Waals surface area (Å²) in [5.41, 5.74) is 7.59. The molecule has 1 aliphatic heterocycles. The van der Waals surface area contributed by atoms with E-state index in [9.17, 15) is 4.39 Å². The van der Waals surface area contributed by atoms with Crippen LogP contribution < -0.4 is 0 Å². The van der Waals surface area contributed by atoms with Crippen LogP contribution in [0.2, 0.25) is 0 Å². The van der Waals surface area contributed by atoms with Crippen LogP contribution in [-0.2, 0) is 0 Å². The highest BCUT2D eigenvalue weighted by molar-refractivity contribution is 6.01. The van der Waals surface area contributed by atoms with Crippen molar-refractivity contribution in [1.82, 2.24) is 25.1 Å². The monoisotopic (exact) mass is 436 g/mol. The van der Waals surface area contributed by atoms with Crippen LogP contribution in [0.4, 0.5) is 4.39 Å². The molecule has 0 aliphatic carbocycles. The van der Waals surface area contributed by atoms with Crippen LogP contribution in [0.15, 0.2) is 60.0 Å². The third-order valence-corrected chi connectivity index (χ3v) is 6.01. The zero-order valence-corrected chi connectivity index (χ0v) is 18.2. The summed E-state index contributed by atoms with van der Waals surface area (Å²) in [6.45, 7) is 4.03. The summed E-state index contributed by atoms with van der Waals surface area (Å²) in [6.07, 6.45) is 10.4. The minimum atomic E-state index is -0.259. The number of allylic oxidation sites excluding steroid dienone is 1. The number of halogens is 1. The average molecular weight is 436 g/mol. The number of pyridine rings is 2. The summed E-state index contributed by atoms with van der Waals surface area (Å²) >= 11 is 0. The van der Waals surface area contributed by atoms with Crippen LogP contribution in [0.5, 0.6) is 0 Å². The van der Waals surface area contributed by atoms with E-state index in [1.54, 1.807) is 18.6 Å². The van der Waals surface area contributed by atoms with Crippen molar-refractivity contribution < 1.29 is 4.39 Å². The first-order chi connectivity index (χ1) is 16.0. The van der Waals surface area contributed by atoms with Gasteiger partial charge in [0.25, 0.3) is 0 Å². The minimum absolute atomic E-state index is 0.259. The highest BCUT2D eigenvalue weighted by Crippen LogP contribution is 2.34. The Bertz CT molecular complexity index is 1570. The van der Waals surface area contributed by atoms with Gasteiger partial charge in [-0.2, -0.15) is 5.10 Å². The molecule has 1 aromatic carbocycles. The standard InChI is InChI=1S/C26H21FN6/c1-14-3-4-21(29-10-14)22-9-19-25(13-30-22)32-33-26(19)23-8-18-20(11-28-12-24(18)31-23)16-5-15(2)6-17(27)7-16/h4-14,31H,3H2,1-2H3,(H,32,33). The first kappa shape index (κ1) is 19.5. The van der Waals surface area contributed by atoms with E-state index < -0.39 is 0 Å². The maximum atomic E-state index is 14.1. The number of fused-ring (bicyclic) bond motifs is 2. The molecule has 33 heavy (non-hydrogen) atoms. The van der Waals surface area contributed by atoms with Gasteiger partial charge >= 0.3 is 0 Å². The molecule has 0 radical (unpaired) electrons. The van der Waals surface area contributed by atoms with Crippen molar-refractivity contribution in [2.24, 2.45) is 10.9 Å². The minimum Gasteiger partial charge on any atom is -0.352 e. The van der Waals surface area contributed by atoms with E-state index in [0.717, 1.165) is 67.7 Å². The third-order valence-electron chi connectivity index (χ3n) is 6.01. The van der Waals surface area contributed by atoms with E-state index >= 15 is 0 Å². The Balaban J connectivity index is 1.48. The van der Waals surface area contributed by atoms with Gasteiger partial charge in [-0.15, -0.1) is 0 Å². The molecule has 1 aliphatic rings. The zero-order valence-electron chi connectivity index (χ0n) is 18.2. The zero-order chi connectivity index (χ0) is 22.5. The number of nitrogens with one attached hydrogen (secondary N) is 2. The summed E-state index contributed by atoms with van der Waals surface area (Å²) in [6, 6.07) is 9.09. The molecule has 0 bridgehead atoms. The Morgan fingerprint density at radius 1 is 1.00 bits per heavy atom. The average Bonchev–Trinajstić information content (AvgIpc) is 3.42. The Morgan fingerprint density at radius 2 is 1.91 bits per heavy atom. The van der Waals surface area contributed by atoms with Crippen molar-refractivity contribution in [3.63, 3.8) is 0 Å². The lowest BCUT2D eigenvalue weighted by molar-refractivity contribution is 0.627. The second-order valence-corrected chi connectivity index (χ2v) is 8.62. The summed E-state index contributed by atoms with van der Waals surface area (Å²) in [7, 11) is 0. The van der Waals surface area contributed by atoms with Gasteiger partial charge in [-0.05, 0) is 54.7 Å². The summed E-state index contributed by atoms with van der Waals surface area (Å²) < 4.78 is 14.1. The maximum absolute atomic E-state index is 14.1. The fourth-order valence-corrected chi connectivity index (χ4v) is 4.35. The molecule has 1 atom stereocenters. The van der Waals surface area contributed by atoms with E-state index in [0.29, 0.717) is 5.92 Å². The molecule has 4 aromatic heterocycles. The third kappa shape index (κ3) is 3.42. The number of hydrogen-bond acceptors (Lipinski definition) is 4. The lowest BCUT2D eigenvalue weighted by Crippen LogP contribution is -2.00. The lowest BCUT2D eigenvalue weighted by atomic mass is 10.0. The predicted molar refractivity (Wildman–Crippen MR) is 129 cm³/mol. The first-order valence-electron chi connectivity index (χ1n) is 10.9. The highest BCUT2D eigenvalue weighted by Gasteiger charge is 2.16. The molecule has 5 heterocycles. The Hall–Kier alpha value is -4.13. The van der Waals surface area contributed by atoms with Crippen LogP contribution in [0.3, 0.4) is 0 Å². The second kappa shape index (κ2) is 7.48. The molecule has 2 N–H and O–H groups in total. The molecular formula is C26H21FN6. The molecule has 162 valence electrons. The number of aliphatic imine (C=N–C) groups is 1. The van der Waals surface area contributed by atoms with Crippen molar-refractivity contribution in [3.05, 3.63) is 72.1 Å². The van der Waals surface area contributed by atoms with Gasteiger partial charge in [-0.25, -0.2) is 4.39 Å². The fourth-order valence-electron chi connectivity index (χ4n) is 4.35. The summed E-state index contributed by atoms with van der Waals surface area (Å²) in [5.74, 6) is 0.183. The molecule has 0 saturated carbocycles. The van der Waals surface area contributed by atoms with Gasteiger partial charge in [0, 0.05) is 28.7 Å². The first-order valence-corrected chi connectivity index (χ1v) is 10.9. The highest BCUT2D eigenvalue weighted by atomic mass is 19.1. The molecule has 6 rings (SSSR count). The maximum Gasteiger partial charge on any atom is 0.124 e. The van der Waals surface area contributed by atoms with Gasteiger partial charge < -0.3 is 4.98 Å². The second-order valence-electron chi connectivity index (χ2n) is 8.62. The van der Waals surface area contributed by atoms with Gasteiger partial charge in [0.05, 0.1) is 40.5 Å². The van der Waals surface area contributed by atoms with E-state index in [1.165, 1.54) is 12.1 Å². The van der Waals surface area contributed by atoms with E-state index in [2.05, 4.69) is 43.1 Å². The molecule has 6 nitrogen and oxygen atoms in total. The van der Waals surface area contributed by atoms with Gasteiger partial charge in [0.15, 0.2) is 0 Å². The predicted octanol–water partition coefficient (Wildman–Crippen LogP) is 6.07. The Morgan fingerprint density at radius 3 is 2.73 bits per heavy atom. The summed E-state index contributed by atoms with van der Waals surface area (Å²) in [5, 5.41) is 9.55. The largest absolute Gasteiger partial charge is 0.352 e. The number of aryl methyl sites for hydroxylation is 1. The number of H-pyrrole nitrogens is 2. The van der Waals surface area contributed by atoms with Gasteiger partial charge in [-0.3, -0.25) is 20.1 Å².